The SMILES string of the molecule is CCN(CC(NC(C)C)C(=O)O)c1ccc(F)cc1. The van der Waals surface area contributed by atoms with Gasteiger partial charge in [-0.25, -0.2) is 4.39 Å². The highest BCUT2D eigenvalue weighted by molar-refractivity contribution is 5.74. The lowest BCUT2D eigenvalue weighted by molar-refractivity contribution is -0.139. The molecule has 0 aliphatic carbocycles. The molecule has 0 saturated carbocycles. The fourth-order valence-electron chi connectivity index (χ4n) is 1.89. The predicted molar refractivity (Wildman–Crippen MR) is 74.0 cm³/mol. The molecule has 0 fully saturated rings. The number of carboxylic acid groups (broad SMARTS) is 1. The molecule has 0 saturated heterocycles. The zero-order chi connectivity index (χ0) is 14.4. The minimum Gasteiger partial charge on any atom is -0.480 e. The summed E-state index contributed by atoms with van der Waals surface area (Å²) in [7, 11) is 0. The monoisotopic (exact) mass is 268 g/mol. The van der Waals surface area contributed by atoms with Crippen LogP contribution in [0.2, 0.25) is 0 Å². The summed E-state index contributed by atoms with van der Waals surface area (Å²) < 4.78 is 12.9. The van der Waals surface area contributed by atoms with Gasteiger partial charge < -0.3 is 15.3 Å². The van der Waals surface area contributed by atoms with Crippen LogP contribution in [0.5, 0.6) is 0 Å². The number of hydrogen-bond donors (Lipinski definition) is 2. The molecule has 1 aromatic carbocycles. The second kappa shape index (κ2) is 7.09. The molecule has 4 nitrogen and oxygen atoms in total. The number of likely N-dealkylation sites (N-methyl/N-ethyl adjacent to an activating group) is 1. The van der Waals surface area contributed by atoms with Crippen LogP contribution in [-0.2, 0) is 4.79 Å². The Morgan fingerprint density at radius 3 is 2.37 bits per heavy atom. The van der Waals surface area contributed by atoms with Crippen molar-refractivity contribution in [1.82, 2.24) is 5.32 Å². The Bertz CT molecular complexity index is 406. The van der Waals surface area contributed by atoms with Gasteiger partial charge in [0, 0.05) is 24.8 Å². The molecule has 5 heteroatoms. The van der Waals surface area contributed by atoms with Crippen LogP contribution in [0.1, 0.15) is 20.8 Å². The summed E-state index contributed by atoms with van der Waals surface area (Å²) in [6.45, 7) is 6.76. The first kappa shape index (κ1) is 15.4. The lowest BCUT2D eigenvalue weighted by atomic mass is 10.2. The first-order valence-electron chi connectivity index (χ1n) is 6.43. The van der Waals surface area contributed by atoms with Crippen LogP contribution in [0.15, 0.2) is 24.3 Å². The number of aliphatic carboxylic acids is 1. The number of carboxylic acids is 1. The molecule has 1 unspecified atom stereocenters. The molecule has 1 aromatic rings. The maximum absolute atomic E-state index is 12.9. The summed E-state index contributed by atoms with van der Waals surface area (Å²) in [6.07, 6.45) is 0. The molecule has 2 N–H and O–H groups in total. The smallest absolute Gasteiger partial charge is 0.322 e. The maximum Gasteiger partial charge on any atom is 0.322 e. The molecule has 0 radical (unpaired) electrons. The fourth-order valence-corrected chi connectivity index (χ4v) is 1.89. The zero-order valence-electron chi connectivity index (χ0n) is 11.6. The second-order valence-corrected chi connectivity index (χ2v) is 4.73. The van der Waals surface area contributed by atoms with Crippen molar-refractivity contribution in [3.63, 3.8) is 0 Å². The second-order valence-electron chi connectivity index (χ2n) is 4.73. The minimum atomic E-state index is -0.880. The first-order chi connectivity index (χ1) is 8.93. The standard InChI is InChI=1S/C14H21FN2O2/c1-4-17(12-7-5-11(15)6-8-12)9-13(14(18)19)16-10(2)3/h5-8,10,13,16H,4,9H2,1-3H3,(H,18,19). The summed E-state index contributed by atoms with van der Waals surface area (Å²) in [6, 6.07) is 5.52. The Kier molecular flexibility index (Phi) is 5.76. The van der Waals surface area contributed by atoms with Gasteiger partial charge in [-0.1, -0.05) is 13.8 Å². The zero-order valence-corrected chi connectivity index (χ0v) is 11.6. The molecular formula is C14H21FN2O2. The van der Waals surface area contributed by atoms with Gasteiger partial charge in [-0.2, -0.15) is 0 Å². The average Bonchev–Trinajstić information content (AvgIpc) is 2.35. The quantitative estimate of drug-likeness (QED) is 0.795. The Hall–Kier alpha value is -1.62. The number of benzene rings is 1. The van der Waals surface area contributed by atoms with Gasteiger partial charge >= 0.3 is 5.97 Å². The molecule has 0 aliphatic rings. The Labute approximate surface area is 113 Å². The van der Waals surface area contributed by atoms with E-state index in [0.717, 1.165) is 5.69 Å². The summed E-state index contributed by atoms with van der Waals surface area (Å²) in [5, 5.41) is 12.2. The molecule has 0 aromatic heterocycles. The number of nitrogens with one attached hydrogen (secondary N) is 1. The van der Waals surface area contributed by atoms with E-state index in [1.165, 1.54) is 12.1 Å². The van der Waals surface area contributed by atoms with Crippen molar-refractivity contribution in [2.24, 2.45) is 0 Å². The topological polar surface area (TPSA) is 52.6 Å². The van der Waals surface area contributed by atoms with E-state index in [0.29, 0.717) is 13.1 Å². The molecule has 106 valence electrons. The van der Waals surface area contributed by atoms with Gasteiger partial charge in [-0.3, -0.25) is 4.79 Å². The predicted octanol–water partition coefficient (Wildman–Crippen LogP) is 2.10. The van der Waals surface area contributed by atoms with Crippen molar-refractivity contribution >= 4 is 11.7 Å². The maximum atomic E-state index is 12.9. The van der Waals surface area contributed by atoms with Crippen molar-refractivity contribution in [3.05, 3.63) is 30.1 Å². The van der Waals surface area contributed by atoms with Crippen molar-refractivity contribution in [1.29, 1.82) is 0 Å². The van der Waals surface area contributed by atoms with Crippen molar-refractivity contribution in [2.45, 2.75) is 32.9 Å². The van der Waals surface area contributed by atoms with Crippen LogP contribution in [0, 0.1) is 5.82 Å². The molecule has 1 atom stereocenters. The third kappa shape index (κ3) is 4.87. The number of carbonyl (C=O) groups is 1. The lowest BCUT2D eigenvalue weighted by Gasteiger charge is -2.28. The van der Waals surface area contributed by atoms with Gasteiger partial charge in [-0.15, -0.1) is 0 Å². The van der Waals surface area contributed by atoms with E-state index in [1.807, 2.05) is 25.7 Å². The number of halogens is 1. The molecule has 0 aliphatic heterocycles. The highest BCUT2D eigenvalue weighted by Gasteiger charge is 2.21. The van der Waals surface area contributed by atoms with Crippen LogP contribution in [0.25, 0.3) is 0 Å². The molecular weight excluding hydrogens is 247 g/mol. The van der Waals surface area contributed by atoms with Gasteiger partial charge in [0.15, 0.2) is 0 Å². The van der Waals surface area contributed by atoms with E-state index in [9.17, 15) is 14.3 Å². The number of rotatable bonds is 7. The number of nitrogens with zero attached hydrogens (tertiary/aromatic N) is 1. The normalized spacial score (nSPS) is 12.5. The molecule has 0 amide bonds. The van der Waals surface area contributed by atoms with Gasteiger partial charge in [0.05, 0.1) is 0 Å². The Morgan fingerprint density at radius 2 is 1.95 bits per heavy atom. The average molecular weight is 268 g/mol. The molecule has 1 rings (SSSR count). The van der Waals surface area contributed by atoms with Crippen molar-refractivity contribution < 1.29 is 14.3 Å². The van der Waals surface area contributed by atoms with E-state index < -0.39 is 12.0 Å². The van der Waals surface area contributed by atoms with E-state index in [4.69, 9.17) is 0 Å². The highest BCUT2D eigenvalue weighted by Crippen LogP contribution is 2.15. The summed E-state index contributed by atoms with van der Waals surface area (Å²) >= 11 is 0. The largest absolute Gasteiger partial charge is 0.480 e. The van der Waals surface area contributed by atoms with Gasteiger partial charge in [0.2, 0.25) is 0 Å². The minimum absolute atomic E-state index is 0.0908. The van der Waals surface area contributed by atoms with E-state index in [1.54, 1.807) is 12.1 Å². The van der Waals surface area contributed by atoms with E-state index in [2.05, 4.69) is 5.32 Å². The van der Waals surface area contributed by atoms with Gasteiger partial charge in [0.1, 0.15) is 11.9 Å². The number of anilines is 1. The molecule has 0 bridgehead atoms. The first-order valence-corrected chi connectivity index (χ1v) is 6.43. The van der Waals surface area contributed by atoms with Crippen LogP contribution < -0.4 is 10.2 Å². The lowest BCUT2D eigenvalue weighted by Crippen LogP contribution is -2.48. The molecule has 19 heavy (non-hydrogen) atoms. The summed E-state index contributed by atoms with van der Waals surface area (Å²) in [5.41, 5.74) is 0.820. The Balaban J connectivity index is 2.79. The van der Waals surface area contributed by atoms with Crippen molar-refractivity contribution in [2.75, 3.05) is 18.0 Å². The van der Waals surface area contributed by atoms with Gasteiger partial charge in [0.25, 0.3) is 0 Å². The highest BCUT2D eigenvalue weighted by atomic mass is 19.1. The van der Waals surface area contributed by atoms with Crippen LogP contribution >= 0.6 is 0 Å². The molecule has 0 spiro atoms. The summed E-state index contributed by atoms with van der Waals surface area (Å²) in [4.78, 5) is 13.1. The van der Waals surface area contributed by atoms with Crippen LogP contribution in [-0.4, -0.2) is 36.2 Å². The van der Waals surface area contributed by atoms with Gasteiger partial charge in [-0.05, 0) is 31.2 Å². The Morgan fingerprint density at radius 1 is 1.37 bits per heavy atom. The fraction of sp³-hybridized carbons (Fsp3) is 0.500. The summed E-state index contributed by atoms with van der Waals surface area (Å²) in [5.74, 6) is -1.18. The van der Waals surface area contributed by atoms with Crippen LogP contribution in [0.4, 0.5) is 10.1 Å². The van der Waals surface area contributed by atoms with E-state index >= 15 is 0 Å². The number of hydrogen-bond acceptors (Lipinski definition) is 3. The molecule has 0 heterocycles. The van der Waals surface area contributed by atoms with Crippen LogP contribution in [0.3, 0.4) is 0 Å². The van der Waals surface area contributed by atoms with E-state index in [-0.39, 0.29) is 11.9 Å². The third-order valence-electron chi connectivity index (χ3n) is 2.81. The van der Waals surface area contributed by atoms with Crippen molar-refractivity contribution in [3.8, 4) is 0 Å². The third-order valence-corrected chi connectivity index (χ3v) is 2.81.